The van der Waals surface area contributed by atoms with Gasteiger partial charge < -0.3 is 10.6 Å². The van der Waals surface area contributed by atoms with E-state index in [1.165, 1.54) is 10.2 Å². The molecule has 28 heavy (non-hydrogen) atoms. The first-order valence-electron chi connectivity index (χ1n) is 9.27. The molecule has 144 valence electrons. The van der Waals surface area contributed by atoms with Gasteiger partial charge in [-0.1, -0.05) is 41.9 Å². The van der Waals surface area contributed by atoms with Gasteiger partial charge in [-0.15, -0.1) is 0 Å². The Bertz CT molecular complexity index is 996. The molecule has 2 aromatic carbocycles. The maximum absolute atomic E-state index is 12.7. The molecular weight excluding hydrogens is 374 g/mol. The summed E-state index contributed by atoms with van der Waals surface area (Å²) >= 11 is 6.42. The largest absolute Gasteiger partial charge is 0.399 e. The highest BCUT2D eigenvalue weighted by Gasteiger charge is 2.21. The zero-order valence-electron chi connectivity index (χ0n) is 15.5. The second kappa shape index (κ2) is 8.04. The Labute approximate surface area is 168 Å². The van der Waals surface area contributed by atoms with Crippen molar-refractivity contribution < 1.29 is 0 Å². The first-order valence-corrected chi connectivity index (χ1v) is 9.64. The van der Waals surface area contributed by atoms with Gasteiger partial charge in [0.25, 0.3) is 5.56 Å². The summed E-state index contributed by atoms with van der Waals surface area (Å²) < 4.78 is 1.34. The van der Waals surface area contributed by atoms with E-state index >= 15 is 0 Å². The molecule has 0 bridgehead atoms. The van der Waals surface area contributed by atoms with E-state index in [9.17, 15) is 4.79 Å². The topological polar surface area (TPSA) is 67.4 Å². The Hall–Kier alpha value is -2.83. The first-order chi connectivity index (χ1) is 13.6. The molecule has 1 aromatic heterocycles. The van der Waals surface area contributed by atoms with Crippen molar-refractivity contribution in [3.05, 3.63) is 81.7 Å². The highest BCUT2D eigenvalue weighted by atomic mass is 35.5. The Morgan fingerprint density at radius 3 is 2.32 bits per heavy atom. The second-order valence-electron chi connectivity index (χ2n) is 6.90. The lowest BCUT2D eigenvalue weighted by molar-refractivity contribution is 0.250. The number of hydrogen-bond donors (Lipinski definition) is 1. The van der Waals surface area contributed by atoms with Gasteiger partial charge in [-0.2, -0.15) is 9.78 Å². The van der Waals surface area contributed by atoms with Gasteiger partial charge in [0.15, 0.2) is 0 Å². The van der Waals surface area contributed by atoms with E-state index in [2.05, 4.69) is 27.0 Å². The number of nitrogens with two attached hydrogens (primary N) is 1. The van der Waals surface area contributed by atoms with Crippen LogP contribution in [0.3, 0.4) is 0 Å². The molecule has 0 unspecified atom stereocenters. The van der Waals surface area contributed by atoms with Crippen LogP contribution in [0.15, 0.2) is 65.6 Å². The maximum atomic E-state index is 12.7. The summed E-state index contributed by atoms with van der Waals surface area (Å²) in [6, 6.07) is 17.3. The molecule has 3 aromatic rings. The van der Waals surface area contributed by atoms with E-state index in [4.69, 9.17) is 17.3 Å². The van der Waals surface area contributed by atoms with Crippen molar-refractivity contribution >= 4 is 23.0 Å². The normalized spacial score (nSPS) is 15.0. The summed E-state index contributed by atoms with van der Waals surface area (Å²) in [5, 5.41) is 4.55. The van der Waals surface area contributed by atoms with Crippen LogP contribution in [0.1, 0.15) is 5.56 Å². The Balaban J connectivity index is 1.45. The Morgan fingerprint density at radius 1 is 0.964 bits per heavy atom. The molecule has 1 saturated heterocycles. The summed E-state index contributed by atoms with van der Waals surface area (Å²) in [5.74, 6) is 0. The summed E-state index contributed by atoms with van der Waals surface area (Å²) in [6.45, 7) is 4.26. The average molecular weight is 396 g/mol. The molecule has 0 saturated carbocycles. The third-order valence-corrected chi connectivity index (χ3v) is 5.36. The average Bonchev–Trinajstić information content (AvgIpc) is 2.73. The molecule has 2 N–H and O–H groups in total. The van der Waals surface area contributed by atoms with Gasteiger partial charge in [0.2, 0.25) is 0 Å². The lowest BCUT2D eigenvalue weighted by Gasteiger charge is -2.36. The predicted octanol–water partition coefficient (Wildman–Crippen LogP) is 2.79. The lowest BCUT2D eigenvalue weighted by atomic mass is 10.2. The highest BCUT2D eigenvalue weighted by Crippen LogP contribution is 2.23. The summed E-state index contributed by atoms with van der Waals surface area (Å²) in [6.07, 6.45) is 1.69. The molecular formula is C21H22ClN5O. The molecule has 0 aliphatic carbocycles. The van der Waals surface area contributed by atoms with Crippen LogP contribution in [-0.2, 0) is 6.54 Å². The van der Waals surface area contributed by atoms with Crippen LogP contribution in [-0.4, -0.2) is 40.9 Å². The third kappa shape index (κ3) is 3.88. The number of benzene rings is 2. The zero-order chi connectivity index (χ0) is 19.5. The smallest absolute Gasteiger partial charge is 0.292 e. The molecule has 0 amide bonds. The zero-order valence-corrected chi connectivity index (χ0v) is 16.2. The van der Waals surface area contributed by atoms with Crippen LogP contribution in [0.2, 0.25) is 5.02 Å². The summed E-state index contributed by atoms with van der Waals surface area (Å²) in [4.78, 5) is 17.2. The molecule has 1 aliphatic heterocycles. The lowest BCUT2D eigenvalue weighted by Crippen LogP contribution is -2.46. The Kier molecular flexibility index (Phi) is 5.32. The quantitative estimate of drug-likeness (QED) is 0.688. The number of halogens is 1. The van der Waals surface area contributed by atoms with Gasteiger partial charge in [-0.05, 0) is 29.8 Å². The van der Waals surface area contributed by atoms with Crippen LogP contribution >= 0.6 is 11.6 Å². The number of hydrogen-bond acceptors (Lipinski definition) is 5. The van der Waals surface area contributed by atoms with E-state index in [1.807, 2.05) is 42.5 Å². The van der Waals surface area contributed by atoms with Gasteiger partial charge >= 0.3 is 0 Å². The van der Waals surface area contributed by atoms with Crippen molar-refractivity contribution in [2.75, 3.05) is 36.8 Å². The number of para-hydroxylation sites is 1. The van der Waals surface area contributed by atoms with Crippen LogP contribution in [0.5, 0.6) is 0 Å². The minimum absolute atomic E-state index is 0.214. The molecule has 4 rings (SSSR count). The summed E-state index contributed by atoms with van der Waals surface area (Å²) in [5.41, 5.74) is 8.88. The fourth-order valence-electron chi connectivity index (χ4n) is 3.43. The molecule has 0 spiro atoms. The fourth-order valence-corrected chi connectivity index (χ4v) is 3.67. The van der Waals surface area contributed by atoms with Gasteiger partial charge in [0, 0.05) is 38.4 Å². The predicted molar refractivity (Wildman–Crippen MR) is 113 cm³/mol. The van der Waals surface area contributed by atoms with Crippen molar-refractivity contribution in [3.63, 3.8) is 0 Å². The van der Waals surface area contributed by atoms with E-state index in [1.54, 1.807) is 6.20 Å². The van der Waals surface area contributed by atoms with Crippen LogP contribution in [0.4, 0.5) is 11.4 Å². The molecule has 1 fully saturated rings. The van der Waals surface area contributed by atoms with E-state index in [0.29, 0.717) is 11.4 Å². The van der Waals surface area contributed by atoms with Crippen molar-refractivity contribution in [1.29, 1.82) is 0 Å². The number of aromatic nitrogens is 2. The minimum Gasteiger partial charge on any atom is -0.399 e. The second-order valence-corrected chi connectivity index (χ2v) is 7.28. The molecule has 7 heteroatoms. The van der Waals surface area contributed by atoms with E-state index in [0.717, 1.165) is 38.4 Å². The molecule has 0 atom stereocenters. The van der Waals surface area contributed by atoms with Crippen LogP contribution in [0.25, 0.3) is 5.69 Å². The minimum atomic E-state index is -0.297. The third-order valence-electron chi connectivity index (χ3n) is 5.00. The number of nitrogens with zero attached hydrogens (tertiary/aromatic N) is 4. The monoisotopic (exact) mass is 395 g/mol. The molecule has 0 radical (unpaired) electrons. The number of rotatable bonds is 4. The standard InChI is InChI=1S/C21H22ClN5O/c22-20-19(14-24-27(21(20)28)18-4-2-1-3-5-18)26-12-10-25(11-13-26)15-16-6-8-17(23)9-7-16/h1-9,14H,10-13,15,23H2. The van der Waals surface area contributed by atoms with Gasteiger partial charge in [-0.3, -0.25) is 9.69 Å². The van der Waals surface area contributed by atoms with Crippen molar-refractivity contribution in [2.45, 2.75) is 6.54 Å². The summed E-state index contributed by atoms with van der Waals surface area (Å²) in [7, 11) is 0. The highest BCUT2D eigenvalue weighted by molar-refractivity contribution is 6.33. The SMILES string of the molecule is Nc1ccc(CN2CCN(c3cnn(-c4ccccc4)c(=O)c3Cl)CC2)cc1. The Morgan fingerprint density at radius 2 is 1.64 bits per heavy atom. The van der Waals surface area contributed by atoms with E-state index < -0.39 is 0 Å². The maximum Gasteiger partial charge on any atom is 0.292 e. The van der Waals surface area contributed by atoms with Crippen LogP contribution < -0.4 is 16.2 Å². The number of nitrogen functional groups attached to an aromatic ring is 1. The van der Waals surface area contributed by atoms with Crippen molar-refractivity contribution in [3.8, 4) is 5.69 Å². The molecule has 2 heterocycles. The van der Waals surface area contributed by atoms with Crippen molar-refractivity contribution in [1.82, 2.24) is 14.7 Å². The number of piperazine rings is 1. The van der Waals surface area contributed by atoms with Gasteiger partial charge in [-0.25, -0.2) is 0 Å². The van der Waals surface area contributed by atoms with Crippen molar-refractivity contribution in [2.24, 2.45) is 0 Å². The number of anilines is 2. The fraction of sp³-hybridized carbons (Fsp3) is 0.238. The first kappa shape index (κ1) is 18.5. The van der Waals surface area contributed by atoms with Gasteiger partial charge in [0.1, 0.15) is 5.02 Å². The van der Waals surface area contributed by atoms with E-state index in [-0.39, 0.29) is 10.6 Å². The van der Waals surface area contributed by atoms with Gasteiger partial charge in [0.05, 0.1) is 17.6 Å². The molecule has 6 nitrogen and oxygen atoms in total. The van der Waals surface area contributed by atoms with Crippen LogP contribution in [0, 0.1) is 0 Å². The molecule has 1 aliphatic rings.